The molecule has 0 amide bonds. The Bertz CT molecular complexity index is 1200. The summed E-state index contributed by atoms with van der Waals surface area (Å²) >= 11 is 0. The molecule has 2 aromatic rings. The van der Waals surface area contributed by atoms with Gasteiger partial charge in [-0.25, -0.2) is 9.56 Å². The van der Waals surface area contributed by atoms with Gasteiger partial charge in [0, 0.05) is 17.9 Å². The highest BCUT2D eigenvalue weighted by atomic mass is 16.3. The fraction of sp³-hybridized carbons (Fsp3) is 0.261. The molecule has 2 aromatic carbocycles. The van der Waals surface area contributed by atoms with Crippen molar-refractivity contribution in [3.05, 3.63) is 59.5 Å². The van der Waals surface area contributed by atoms with Gasteiger partial charge in [-0.15, -0.1) is 0 Å². The topological polar surface area (TPSA) is 46.1 Å². The minimum Gasteiger partial charge on any atom is -0.453 e. The smallest absolute Gasteiger partial charge is 0.203 e. The largest absolute Gasteiger partial charge is 0.453 e. The van der Waals surface area contributed by atoms with E-state index >= 15 is 0 Å². The fourth-order valence-corrected chi connectivity index (χ4v) is 3.72. The van der Waals surface area contributed by atoms with Gasteiger partial charge in [0.2, 0.25) is 5.36 Å². The van der Waals surface area contributed by atoms with E-state index in [-0.39, 0.29) is 5.78 Å². The molecule has 136 valence electrons. The van der Waals surface area contributed by atoms with Crippen molar-refractivity contribution in [2.24, 2.45) is 0 Å². The van der Waals surface area contributed by atoms with Crippen molar-refractivity contribution in [1.82, 2.24) is 9.56 Å². The molecule has 1 aliphatic heterocycles. The van der Waals surface area contributed by atoms with Gasteiger partial charge >= 0.3 is 0 Å². The van der Waals surface area contributed by atoms with Crippen molar-refractivity contribution >= 4 is 27.7 Å². The number of hydrogen-bond acceptors (Lipinski definition) is 3. The average molecular weight is 359 g/mol. The lowest BCUT2D eigenvalue weighted by atomic mass is 9.99. The van der Waals surface area contributed by atoms with Crippen molar-refractivity contribution in [2.75, 3.05) is 13.1 Å². The lowest BCUT2D eigenvalue weighted by Crippen LogP contribution is -2.29. The molecule has 0 fully saturated rings. The summed E-state index contributed by atoms with van der Waals surface area (Å²) in [5.41, 5.74) is 3.37. The zero-order valence-electron chi connectivity index (χ0n) is 16.0. The van der Waals surface area contributed by atoms with Gasteiger partial charge in [0.05, 0.1) is 6.07 Å². The molecule has 2 aliphatic rings. The molecular weight excluding hydrogens is 336 g/mol. The first-order valence-corrected chi connectivity index (χ1v) is 9.43. The van der Waals surface area contributed by atoms with E-state index in [2.05, 4.69) is 30.6 Å². The lowest BCUT2D eigenvalue weighted by Gasteiger charge is -2.11. The summed E-state index contributed by atoms with van der Waals surface area (Å²) < 4.78 is 8.53. The number of fused-ring (bicyclic) bond motifs is 4. The number of carbonyl (C=O) groups is 1. The Labute approximate surface area is 158 Å². The van der Waals surface area contributed by atoms with Crippen LogP contribution < -0.4 is 9.93 Å². The summed E-state index contributed by atoms with van der Waals surface area (Å²) in [7, 11) is 0. The van der Waals surface area contributed by atoms with Crippen LogP contribution in [0.2, 0.25) is 0 Å². The van der Waals surface area contributed by atoms with Crippen molar-refractivity contribution in [1.29, 1.82) is 0 Å². The highest BCUT2D eigenvalue weighted by Crippen LogP contribution is 2.31. The summed E-state index contributed by atoms with van der Waals surface area (Å²) in [5.74, 6) is 0.896. The number of hydrogen-bond donors (Lipinski definition) is 0. The van der Waals surface area contributed by atoms with Crippen LogP contribution in [0.3, 0.4) is 0 Å². The average Bonchev–Trinajstić information content (AvgIpc) is 2.67. The fourth-order valence-electron chi connectivity index (χ4n) is 3.72. The van der Waals surface area contributed by atoms with Gasteiger partial charge in [-0.3, -0.25) is 4.79 Å². The van der Waals surface area contributed by atoms with Crippen LogP contribution in [0.4, 0.5) is 0 Å². The molecule has 0 saturated carbocycles. The van der Waals surface area contributed by atoms with Crippen molar-refractivity contribution in [2.45, 2.75) is 27.2 Å². The molecule has 0 atom stereocenters. The van der Waals surface area contributed by atoms with Gasteiger partial charge in [-0.05, 0) is 43.9 Å². The number of benzene rings is 3. The zero-order valence-corrected chi connectivity index (χ0v) is 16.0. The van der Waals surface area contributed by atoms with Crippen molar-refractivity contribution < 1.29 is 9.21 Å². The minimum absolute atomic E-state index is 0.136. The first kappa shape index (κ1) is 17.4. The Kier molecular flexibility index (Phi) is 4.48. The number of aromatic nitrogens is 1. The summed E-state index contributed by atoms with van der Waals surface area (Å²) in [6.45, 7) is 7.78. The van der Waals surface area contributed by atoms with Crippen LogP contribution in [0, 0.1) is 0 Å². The molecule has 4 rings (SSSR count). The Morgan fingerprint density at radius 2 is 1.78 bits per heavy atom. The molecule has 0 bridgehead atoms. The van der Waals surface area contributed by atoms with Gasteiger partial charge < -0.3 is 4.42 Å². The van der Waals surface area contributed by atoms with E-state index in [1.165, 1.54) is 0 Å². The highest BCUT2D eigenvalue weighted by Gasteiger charge is 2.15. The molecule has 0 unspecified atom stereocenters. The van der Waals surface area contributed by atoms with E-state index in [1.54, 1.807) is 6.92 Å². The number of Topliss-reactive ketones (excluding diaryl/α,β-unsaturated/α-hetero) is 1. The Morgan fingerprint density at radius 3 is 2.48 bits per heavy atom. The third kappa shape index (κ3) is 3.12. The van der Waals surface area contributed by atoms with Gasteiger partial charge in [0.1, 0.15) is 30.1 Å². The maximum absolute atomic E-state index is 11.7. The minimum atomic E-state index is 0.136. The first-order chi connectivity index (χ1) is 13.1. The maximum Gasteiger partial charge on any atom is 0.203 e. The van der Waals surface area contributed by atoms with E-state index < -0.39 is 0 Å². The van der Waals surface area contributed by atoms with Crippen LogP contribution in [0.1, 0.15) is 26.3 Å². The number of ketones is 1. The Hall–Kier alpha value is -3.01. The lowest BCUT2D eigenvalue weighted by molar-refractivity contribution is -0.116. The van der Waals surface area contributed by atoms with Gasteiger partial charge in [-0.2, -0.15) is 0 Å². The molecule has 27 heavy (non-hydrogen) atoms. The number of nitrogens with zero attached hydrogens (tertiary/aromatic N) is 2. The maximum atomic E-state index is 11.7. The molecule has 4 heteroatoms. The molecule has 0 N–H and O–H groups in total. The van der Waals surface area contributed by atoms with Gasteiger partial charge in [-0.1, -0.05) is 24.3 Å². The van der Waals surface area contributed by atoms with E-state index in [4.69, 9.17) is 9.40 Å². The monoisotopic (exact) mass is 359 g/mol. The summed E-state index contributed by atoms with van der Waals surface area (Å²) in [6.07, 6.45) is 0.392. The van der Waals surface area contributed by atoms with Crippen LogP contribution in [0.25, 0.3) is 33.3 Å². The number of rotatable bonds is 4. The molecular formula is C23H23N2O2+. The van der Waals surface area contributed by atoms with Gasteiger partial charge in [0.15, 0.2) is 11.3 Å². The second kappa shape index (κ2) is 6.95. The van der Waals surface area contributed by atoms with E-state index in [1.807, 2.05) is 36.4 Å². The predicted molar refractivity (Wildman–Crippen MR) is 109 cm³/mol. The summed E-state index contributed by atoms with van der Waals surface area (Å²) in [6, 6.07) is 16.2. The van der Waals surface area contributed by atoms with Crippen LogP contribution in [-0.4, -0.2) is 23.9 Å². The molecule has 0 radical (unpaired) electrons. The van der Waals surface area contributed by atoms with Crippen LogP contribution in [0.5, 0.6) is 0 Å². The Morgan fingerprint density at radius 1 is 1.04 bits per heavy atom. The van der Waals surface area contributed by atoms with E-state index in [0.717, 1.165) is 51.8 Å². The van der Waals surface area contributed by atoms with E-state index in [0.29, 0.717) is 12.0 Å². The third-order valence-corrected chi connectivity index (χ3v) is 5.03. The van der Waals surface area contributed by atoms with Crippen LogP contribution in [0.15, 0.2) is 52.9 Å². The van der Waals surface area contributed by atoms with Crippen LogP contribution in [-0.2, 0) is 11.2 Å². The molecule has 0 saturated heterocycles. The molecule has 0 spiro atoms. The van der Waals surface area contributed by atoms with Crippen molar-refractivity contribution in [3.63, 3.8) is 0 Å². The van der Waals surface area contributed by atoms with Crippen LogP contribution >= 0.6 is 0 Å². The number of carbonyl (C=O) groups excluding carboxylic acids is 1. The normalized spacial score (nSPS) is 11.4. The third-order valence-electron chi connectivity index (χ3n) is 5.03. The standard InChI is InChI=1S/C23H23N2O2/c1-4-25(5-2)17-10-11-20-21(14-17)27-22-13-16(12-15(3)26)18-8-6-7-9-19(18)23(22)24-20/h6-11,13-14H,4-5,12H2,1-3H3/q+1. The molecule has 0 aromatic heterocycles. The molecule has 1 heterocycles. The Balaban J connectivity index is 2.07. The summed E-state index contributed by atoms with van der Waals surface area (Å²) in [5, 5.41) is 3.20. The second-order valence-corrected chi connectivity index (χ2v) is 6.84. The SMILES string of the molecule is CC[N+](CC)=c1ccc2nc3c(cc(CC(C)=O)c4ccccc43)oc-2c1. The van der Waals surface area contributed by atoms with Crippen molar-refractivity contribution in [3.8, 4) is 11.5 Å². The van der Waals surface area contributed by atoms with E-state index in [9.17, 15) is 4.79 Å². The second-order valence-electron chi connectivity index (χ2n) is 6.84. The molecule has 4 nitrogen and oxygen atoms in total. The summed E-state index contributed by atoms with van der Waals surface area (Å²) in [4.78, 5) is 16.6. The quantitative estimate of drug-likeness (QED) is 0.314. The van der Waals surface area contributed by atoms with Gasteiger partial charge in [0.25, 0.3) is 0 Å². The first-order valence-electron chi connectivity index (χ1n) is 9.43. The highest BCUT2D eigenvalue weighted by molar-refractivity contribution is 6.06. The molecule has 1 aliphatic carbocycles. The zero-order chi connectivity index (χ0) is 19.0. The predicted octanol–water partition coefficient (Wildman–Crippen LogP) is 4.03.